The van der Waals surface area contributed by atoms with Gasteiger partial charge >= 0.3 is 5.97 Å². The van der Waals surface area contributed by atoms with Crippen molar-refractivity contribution in [1.29, 1.82) is 0 Å². The summed E-state index contributed by atoms with van der Waals surface area (Å²) in [5.41, 5.74) is 3.01. The molecule has 6 nitrogen and oxygen atoms in total. The summed E-state index contributed by atoms with van der Waals surface area (Å²) in [4.78, 5) is 27.6. The first-order valence-electron chi connectivity index (χ1n) is 12.8. The molecule has 0 saturated heterocycles. The van der Waals surface area contributed by atoms with Gasteiger partial charge in [0.15, 0.2) is 0 Å². The summed E-state index contributed by atoms with van der Waals surface area (Å²) in [5.74, 6) is -0.0522. The average molecular weight is 479 g/mol. The number of fused-ring (bicyclic) bond motifs is 1. The third kappa shape index (κ3) is 6.23. The van der Waals surface area contributed by atoms with E-state index in [-0.39, 0.29) is 17.9 Å². The SMILES string of the molecule is CC(C)(C)c1ccc(CN2C(=O)C(N[C@@H](CC3CCCCC3)C(=O)O)COc3ccccc32)cc1. The lowest BCUT2D eigenvalue weighted by atomic mass is 9.84. The molecule has 0 bridgehead atoms. The van der Waals surface area contributed by atoms with Gasteiger partial charge in [-0.25, -0.2) is 0 Å². The number of hydrogen-bond donors (Lipinski definition) is 2. The molecule has 188 valence electrons. The highest BCUT2D eigenvalue weighted by molar-refractivity contribution is 5.99. The number of nitrogens with zero attached hydrogens (tertiary/aromatic N) is 1. The van der Waals surface area contributed by atoms with Crippen molar-refractivity contribution >= 4 is 17.6 Å². The fraction of sp³-hybridized carbons (Fsp3) is 0.517. The number of carboxylic acid groups (broad SMARTS) is 1. The summed E-state index contributed by atoms with van der Waals surface area (Å²) in [5, 5.41) is 13.1. The van der Waals surface area contributed by atoms with Crippen LogP contribution in [0, 0.1) is 5.92 Å². The number of para-hydroxylation sites is 2. The normalized spacial score (nSPS) is 20.0. The minimum atomic E-state index is -0.908. The quantitative estimate of drug-likeness (QED) is 0.565. The Labute approximate surface area is 208 Å². The maximum Gasteiger partial charge on any atom is 0.320 e. The molecule has 1 aliphatic carbocycles. The van der Waals surface area contributed by atoms with Gasteiger partial charge in [0, 0.05) is 0 Å². The van der Waals surface area contributed by atoms with Crippen molar-refractivity contribution in [3.8, 4) is 5.75 Å². The van der Waals surface area contributed by atoms with Gasteiger partial charge in [-0.05, 0) is 41.0 Å². The smallest absolute Gasteiger partial charge is 0.320 e. The Morgan fingerprint density at radius 2 is 1.77 bits per heavy atom. The van der Waals surface area contributed by atoms with Crippen LogP contribution in [0.15, 0.2) is 48.5 Å². The molecule has 35 heavy (non-hydrogen) atoms. The maximum absolute atomic E-state index is 13.8. The first kappa shape index (κ1) is 25.2. The third-order valence-corrected chi connectivity index (χ3v) is 7.28. The lowest BCUT2D eigenvalue weighted by molar-refractivity contribution is -0.140. The molecule has 1 saturated carbocycles. The minimum absolute atomic E-state index is 0.0522. The van der Waals surface area contributed by atoms with E-state index in [4.69, 9.17) is 4.74 Å². The van der Waals surface area contributed by atoms with Gasteiger partial charge in [-0.1, -0.05) is 89.3 Å². The average Bonchev–Trinajstić information content (AvgIpc) is 2.96. The summed E-state index contributed by atoms with van der Waals surface area (Å²) < 4.78 is 6.02. The fourth-order valence-electron chi connectivity index (χ4n) is 5.17. The summed E-state index contributed by atoms with van der Waals surface area (Å²) in [6.07, 6.45) is 6.19. The number of ether oxygens (including phenoxy) is 1. The lowest BCUT2D eigenvalue weighted by Gasteiger charge is -2.29. The molecule has 2 atom stereocenters. The Morgan fingerprint density at radius 1 is 1.09 bits per heavy atom. The Hall–Kier alpha value is -2.86. The van der Waals surface area contributed by atoms with Crippen LogP contribution in [-0.2, 0) is 21.5 Å². The molecule has 1 heterocycles. The predicted octanol–water partition coefficient (Wildman–Crippen LogP) is 5.29. The van der Waals surface area contributed by atoms with E-state index in [2.05, 4.69) is 50.4 Å². The first-order chi connectivity index (χ1) is 16.7. The van der Waals surface area contributed by atoms with Gasteiger partial charge < -0.3 is 14.7 Å². The molecule has 6 heteroatoms. The predicted molar refractivity (Wildman–Crippen MR) is 138 cm³/mol. The zero-order valence-corrected chi connectivity index (χ0v) is 21.1. The molecule has 0 spiro atoms. The first-order valence-corrected chi connectivity index (χ1v) is 12.8. The van der Waals surface area contributed by atoms with E-state index in [0.717, 1.165) is 31.2 Å². The number of anilines is 1. The number of nitrogens with one attached hydrogen (secondary N) is 1. The summed E-state index contributed by atoms with van der Waals surface area (Å²) in [6.45, 7) is 7.02. The zero-order valence-electron chi connectivity index (χ0n) is 21.1. The number of carboxylic acids is 1. The fourth-order valence-corrected chi connectivity index (χ4v) is 5.17. The van der Waals surface area contributed by atoms with E-state index in [1.165, 1.54) is 12.0 Å². The van der Waals surface area contributed by atoms with Gasteiger partial charge in [-0.2, -0.15) is 0 Å². The second-order valence-corrected chi connectivity index (χ2v) is 11.0. The number of carbonyl (C=O) groups excluding carboxylic acids is 1. The van der Waals surface area contributed by atoms with Crippen molar-refractivity contribution in [3.63, 3.8) is 0 Å². The summed E-state index contributed by atoms with van der Waals surface area (Å²) >= 11 is 0. The molecule has 0 radical (unpaired) electrons. The molecule has 2 aliphatic rings. The van der Waals surface area contributed by atoms with Crippen LogP contribution >= 0.6 is 0 Å². The lowest BCUT2D eigenvalue weighted by Crippen LogP contribution is -2.54. The van der Waals surface area contributed by atoms with Crippen LogP contribution in [0.3, 0.4) is 0 Å². The molecule has 1 aliphatic heterocycles. The van der Waals surface area contributed by atoms with E-state index in [1.54, 1.807) is 4.90 Å². The van der Waals surface area contributed by atoms with Gasteiger partial charge in [0.25, 0.3) is 0 Å². The maximum atomic E-state index is 13.8. The molecule has 2 aromatic carbocycles. The molecule has 4 rings (SSSR count). The second-order valence-electron chi connectivity index (χ2n) is 11.0. The summed E-state index contributed by atoms with van der Waals surface area (Å²) in [6, 6.07) is 14.4. The number of benzene rings is 2. The van der Waals surface area contributed by atoms with Crippen LogP contribution < -0.4 is 15.0 Å². The molecule has 1 unspecified atom stereocenters. The van der Waals surface area contributed by atoms with Crippen molar-refractivity contribution in [2.45, 2.75) is 83.3 Å². The monoisotopic (exact) mass is 478 g/mol. The number of aliphatic carboxylic acids is 1. The number of carbonyl (C=O) groups is 2. The van der Waals surface area contributed by atoms with Gasteiger partial charge in [0.05, 0.1) is 12.2 Å². The highest BCUT2D eigenvalue weighted by atomic mass is 16.5. The largest absolute Gasteiger partial charge is 0.489 e. The number of hydrogen-bond acceptors (Lipinski definition) is 4. The third-order valence-electron chi connectivity index (χ3n) is 7.28. The summed E-state index contributed by atoms with van der Waals surface area (Å²) in [7, 11) is 0. The molecular formula is C29H38N2O4. The number of rotatable bonds is 7. The Bertz CT molecular complexity index is 1020. The molecule has 0 aromatic heterocycles. The van der Waals surface area contributed by atoms with Crippen LogP contribution in [0.25, 0.3) is 0 Å². The molecule has 2 N–H and O–H groups in total. The van der Waals surface area contributed by atoms with Crippen molar-refractivity contribution in [2.75, 3.05) is 11.5 Å². The van der Waals surface area contributed by atoms with E-state index < -0.39 is 18.1 Å². The van der Waals surface area contributed by atoms with E-state index in [1.807, 2.05) is 24.3 Å². The van der Waals surface area contributed by atoms with Gasteiger partial charge in [-0.15, -0.1) is 0 Å². The van der Waals surface area contributed by atoms with Gasteiger partial charge in [-0.3, -0.25) is 14.9 Å². The Kier molecular flexibility index (Phi) is 7.80. The minimum Gasteiger partial charge on any atom is -0.489 e. The van der Waals surface area contributed by atoms with Crippen molar-refractivity contribution in [1.82, 2.24) is 5.32 Å². The van der Waals surface area contributed by atoms with Crippen LogP contribution in [0.4, 0.5) is 5.69 Å². The Morgan fingerprint density at radius 3 is 2.43 bits per heavy atom. The van der Waals surface area contributed by atoms with E-state index in [0.29, 0.717) is 30.3 Å². The molecule has 2 aromatic rings. The van der Waals surface area contributed by atoms with Crippen molar-refractivity contribution in [2.24, 2.45) is 5.92 Å². The van der Waals surface area contributed by atoms with Crippen LogP contribution in [0.5, 0.6) is 5.75 Å². The topological polar surface area (TPSA) is 78.9 Å². The molecule has 1 amide bonds. The van der Waals surface area contributed by atoms with Gasteiger partial charge in [0.1, 0.15) is 24.4 Å². The highest BCUT2D eigenvalue weighted by Crippen LogP contribution is 2.33. The standard InChI is InChI=1S/C29H38N2O4/c1-29(2,3)22-15-13-21(14-16-22)18-31-25-11-7-8-12-26(25)35-19-24(27(31)32)30-23(28(33)34)17-20-9-5-4-6-10-20/h7-8,11-16,20,23-24,30H,4-6,9-10,17-19H2,1-3H3,(H,33,34)/t23-,24?/m0/s1. The molecule has 1 fully saturated rings. The van der Waals surface area contributed by atoms with Crippen LogP contribution in [-0.4, -0.2) is 35.7 Å². The van der Waals surface area contributed by atoms with Crippen LogP contribution in [0.2, 0.25) is 0 Å². The second kappa shape index (κ2) is 10.8. The molecular weight excluding hydrogens is 440 g/mol. The number of amides is 1. The highest BCUT2D eigenvalue weighted by Gasteiger charge is 2.35. The Balaban J connectivity index is 1.55. The van der Waals surface area contributed by atoms with Crippen molar-refractivity contribution in [3.05, 3.63) is 59.7 Å². The van der Waals surface area contributed by atoms with Crippen molar-refractivity contribution < 1.29 is 19.4 Å². The van der Waals surface area contributed by atoms with Crippen LogP contribution in [0.1, 0.15) is 70.4 Å². The van der Waals surface area contributed by atoms with E-state index >= 15 is 0 Å². The zero-order chi connectivity index (χ0) is 25.0. The van der Waals surface area contributed by atoms with Gasteiger partial charge in [0.2, 0.25) is 5.91 Å². The van der Waals surface area contributed by atoms with E-state index in [9.17, 15) is 14.7 Å².